The molecule has 0 saturated carbocycles. The number of rotatable bonds is 0. The average Bonchev–Trinajstić information content (AvgIpc) is 2.72. The van der Waals surface area contributed by atoms with Crippen LogP contribution in [0.25, 0.3) is 0 Å². The van der Waals surface area contributed by atoms with Crippen LogP contribution in [0.5, 0.6) is 0 Å². The molecule has 0 radical (unpaired) electrons. The number of alkyl halides is 1. The molecule has 3 heterocycles. The van der Waals surface area contributed by atoms with Gasteiger partial charge in [0.2, 0.25) is 0 Å². The van der Waals surface area contributed by atoms with Crippen LogP contribution in [0.3, 0.4) is 0 Å². The predicted octanol–water partition coefficient (Wildman–Crippen LogP) is 1.72. The summed E-state index contributed by atoms with van der Waals surface area (Å²) in [6.45, 7) is 3.32. The maximum absolute atomic E-state index is 11.7. The molecule has 2 aliphatic heterocycles. The third kappa shape index (κ3) is 1.00. The second-order valence-electron chi connectivity index (χ2n) is 3.53. The van der Waals surface area contributed by atoms with Gasteiger partial charge in [-0.05, 0) is 0 Å². The van der Waals surface area contributed by atoms with E-state index in [1.807, 2.05) is 6.20 Å². The fourth-order valence-corrected chi connectivity index (χ4v) is 8.30. The molecule has 0 amide bonds. The third-order valence-electron chi connectivity index (χ3n) is 2.56. The maximum atomic E-state index is 11.7. The Kier molecular flexibility index (Phi) is 1.74. The SMILES string of the molecule is CC1CNC2=CC(=O)c3[nH]ccc3I21. The van der Waals surface area contributed by atoms with Crippen molar-refractivity contribution < 1.29 is 4.79 Å². The van der Waals surface area contributed by atoms with Crippen LogP contribution >= 0.6 is 19.8 Å². The van der Waals surface area contributed by atoms with Crippen molar-refractivity contribution in [2.45, 2.75) is 10.8 Å². The quantitative estimate of drug-likeness (QED) is 0.435. The van der Waals surface area contributed by atoms with Crippen LogP contribution in [0.1, 0.15) is 17.4 Å². The van der Waals surface area contributed by atoms with Crippen molar-refractivity contribution in [3.63, 3.8) is 0 Å². The molecule has 1 unspecified atom stereocenters. The Bertz CT molecular complexity index is 435. The fourth-order valence-electron chi connectivity index (χ4n) is 1.90. The molecule has 3 rings (SSSR count). The summed E-state index contributed by atoms with van der Waals surface area (Å²) in [6, 6.07) is 2.09. The first-order chi connectivity index (χ1) is 6.77. The van der Waals surface area contributed by atoms with E-state index in [2.05, 4.69) is 23.3 Å². The number of H-pyrrole nitrogens is 1. The van der Waals surface area contributed by atoms with E-state index in [-0.39, 0.29) is 5.78 Å². The number of nitrogens with one attached hydrogen (secondary N) is 2. The van der Waals surface area contributed by atoms with Crippen molar-refractivity contribution >= 4 is 25.6 Å². The van der Waals surface area contributed by atoms with Gasteiger partial charge in [-0.15, -0.1) is 0 Å². The summed E-state index contributed by atoms with van der Waals surface area (Å²) in [5.41, 5.74) is 0.842. The molecule has 1 saturated heterocycles. The Labute approximate surface area is 89.3 Å². The van der Waals surface area contributed by atoms with Crippen molar-refractivity contribution in [2.75, 3.05) is 6.54 Å². The van der Waals surface area contributed by atoms with E-state index in [1.54, 1.807) is 6.08 Å². The van der Waals surface area contributed by atoms with E-state index in [1.165, 1.54) is 7.27 Å². The van der Waals surface area contributed by atoms with Gasteiger partial charge >= 0.3 is 89.4 Å². The van der Waals surface area contributed by atoms with Gasteiger partial charge in [0.25, 0.3) is 0 Å². The van der Waals surface area contributed by atoms with Gasteiger partial charge in [-0.1, -0.05) is 0 Å². The minimum absolute atomic E-state index is 0.134. The first-order valence-electron chi connectivity index (χ1n) is 4.63. The first kappa shape index (κ1) is 8.52. The van der Waals surface area contributed by atoms with Crippen LogP contribution in [0.15, 0.2) is 22.0 Å². The predicted molar refractivity (Wildman–Crippen MR) is 63.4 cm³/mol. The number of ketones is 1. The molecular formula is C10H11IN2O. The summed E-state index contributed by atoms with van der Waals surface area (Å²) >= 11 is -1.26. The van der Waals surface area contributed by atoms with Crippen molar-refractivity contribution in [1.82, 2.24) is 10.3 Å². The van der Waals surface area contributed by atoms with Crippen LogP contribution in [-0.2, 0) is 0 Å². The zero-order chi connectivity index (χ0) is 9.71. The number of carbonyl (C=O) groups excluding carboxylic acids is 1. The zero-order valence-corrected chi connectivity index (χ0v) is 9.96. The number of hydrogen-bond acceptors (Lipinski definition) is 2. The second-order valence-corrected chi connectivity index (χ2v) is 9.77. The topological polar surface area (TPSA) is 44.9 Å². The van der Waals surface area contributed by atoms with Gasteiger partial charge < -0.3 is 0 Å². The molecule has 2 N–H and O–H groups in total. The number of hydrogen-bond donors (Lipinski definition) is 2. The molecule has 0 spiro atoms. The summed E-state index contributed by atoms with van der Waals surface area (Å²) in [6.07, 6.45) is 3.69. The van der Waals surface area contributed by atoms with Gasteiger partial charge in [0.1, 0.15) is 0 Å². The third-order valence-corrected chi connectivity index (χ3v) is 9.23. The number of aromatic amines is 1. The van der Waals surface area contributed by atoms with E-state index in [9.17, 15) is 4.79 Å². The second kappa shape index (κ2) is 2.85. The average molecular weight is 302 g/mol. The summed E-state index contributed by atoms with van der Waals surface area (Å²) < 4.78 is 3.29. The van der Waals surface area contributed by atoms with Crippen LogP contribution < -0.4 is 5.32 Å². The Morgan fingerprint density at radius 2 is 2.43 bits per heavy atom. The number of allylic oxidation sites excluding steroid dienone is 1. The molecule has 1 fully saturated rings. The monoisotopic (exact) mass is 302 g/mol. The number of halogens is 1. The van der Waals surface area contributed by atoms with Gasteiger partial charge in [-0.3, -0.25) is 0 Å². The molecule has 0 bridgehead atoms. The van der Waals surface area contributed by atoms with E-state index in [0.717, 1.165) is 16.2 Å². The standard InChI is InChI=1S/C10H11IN2O/c1-6-5-13-9-4-8(14)10-7(11(6)9)2-3-12-10/h2-4,6,12-13H,5H2,1H3. The van der Waals surface area contributed by atoms with Gasteiger partial charge in [0.15, 0.2) is 0 Å². The van der Waals surface area contributed by atoms with Crippen LogP contribution in [0.4, 0.5) is 0 Å². The van der Waals surface area contributed by atoms with Crippen LogP contribution in [-0.4, -0.2) is 21.2 Å². The molecular weight excluding hydrogens is 291 g/mol. The number of carbonyl (C=O) groups is 1. The number of aromatic nitrogens is 1. The molecule has 14 heavy (non-hydrogen) atoms. The molecule has 4 heteroatoms. The van der Waals surface area contributed by atoms with Gasteiger partial charge in [0, 0.05) is 0 Å². The van der Waals surface area contributed by atoms with Crippen molar-refractivity contribution in [2.24, 2.45) is 0 Å². The molecule has 1 aromatic rings. The van der Waals surface area contributed by atoms with Crippen molar-refractivity contribution in [3.8, 4) is 0 Å². The normalized spacial score (nSPS) is 26.6. The molecule has 1 atom stereocenters. The van der Waals surface area contributed by atoms with Crippen molar-refractivity contribution in [1.29, 1.82) is 0 Å². The van der Waals surface area contributed by atoms with Gasteiger partial charge in [0.05, 0.1) is 0 Å². The number of fused-ring (bicyclic) bond motifs is 3. The molecule has 2 aliphatic rings. The van der Waals surface area contributed by atoms with E-state index >= 15 is 0 Å². The van der Waals surface area contributed by atoms with Gasteiger partial charge in [-0.2, -0.15) is 0 Å². The Balaban J connectivity index is 2.19. The summed E-state index contributed by atoms with van der Waals surface area (Å²) in [7, 11) is 0. The van der Waals surface area contributed by atoms with Crippen molar-refractivity contribution in [3.05, 3.63) is 31.3 Å². The zero-order valence-electron chi connectivity index (χ0n) is 7.80. The Morgan fingerprint density at radius 3 is 3.29 bits per heavy atom. The van der Waals surface area contributed by atoms with E-state index < -0.39 is 19.8 Å². The molecule has 0 aromatic carbocycles. The van der Waals surface area contributed by atoms with Crippen LogP contribution in [0.2, 0.25) is 0 Å². The molecule has 0 aliphatic carbocycles. The molecule has 74 valence electrons. The summed E-state index contributed by atoms with van der Waals surface area (Å²) in [5, 5.41) is 3.37. The molecule has 1 aromatic heterocycles. The first-order valence-corrected chi connectivity index (χ1v) is 8.03. The van der Waals surface area contributed by atoms with Crippen LogP contribution in [0, 0.1) is 3.57 Å². The summed E-state index contributed by atoms with van der Waals surface area (Å²) in [4.78, 5) is 14.7. The summed E-state index contributed by atoms with van der Waals surface area (Å²) in [5.74, 6) is 0.134. The minimum atomic E-state index is -1.26. The van der Waals surface area contributed by atoms with Gasteiger partial charge in [-0.25, -0.2) is 0 Å². The Morgan fingerprint density at radius 1 is 1.57 bits per heavy atom. The fraction of sp³-hybridized carbons (Fsp3) is 0.300. The van der Waals surface area contributed by atoms with E-state index in [4.69, 9.17) is 0 Å². The van der Waals surface area contributed by atoms with E-state index in [0.29, 0.717) is 0 Å². The Hall–Kier alpha value is -0.780. The molecule has 3 nitrogen and oxygen atoms in total.